The van der Waals surface area contributed by atoms with E-state index < -0.39 is 0 Å². The zero-order valence-corrected chi connectivity index (χ0v) is 11.2. The molecule has 2 heterocycles. The minimum Gasteiger partial charge on any atom is -0.340 e. The van der Waals surface area contributed by atoms with Gasteiger partial charge >= 0.3 is 0 Å². The Bertz CT molecular complexity index is 569. The monoisotopic (exact) mass is 279 g/mol. The van der Waals surface area contributed by atoms with Gasteiger partial charge in [0.1, 0.15) is 0 Å². The summed E-state index contributed by atoms with van der Waals surface area (Å²) in [5, 5.41) is 5.97. The van der Waals surface area contributed by atoms with Crippen molar-refractivity contribution in [3.05, 3.63) is 22.2 Å². The molecule has 1 N–H and O–H groups in total. The van der Waals surface area contributed by atoms with Crippen molar-refractivity contribution in [3.63, 3.8) is 0 Å². The Hall–Kier alpha value is -1.63. The molecule has 0 radical (unpaired) electrons. The average molecular weight is 279 g/mol. The number of hydrogen-bond donors (Lipinski definition) is 1. The first-order chi connectivity index (χ1) is 9.13. The highest BCUT2D eigenvalue weighted by Crippen LogP contribution is 2.39. The van der Waals surface area contributed by atoms with Crippen molar-refractivity contribution in [1.29, 1.82) is 0 Å². The van der Waals surface area contributed by atoms with Crippen LogP contribution in [0.2, 0.25) is 0 Å². The number of amides is 2. The predicted octanol–water partition coefficient (Wildman–Crippen LogP) is 2.27. The zero-order chi connectivity index (χ0) is 13.4. The number of hydrogen-bond acceptors (Lipinski definition) is 6. The third-order valence-electron chi connectivity index (χ3n) is 3.44. The van der Waals surface area contributed by atoms with E-state index in [9.17, 15) is 9.59 Å². The molecule has 7 heteroatoms. The minimum absolute atomic E-state index is 0.251. The lowest BCUT2D eigenvalue weighted by Crippen LogP contribution is -2.19. The number of carbonyl (C=O) groups excluding carboxylic acids is 2. The van der Waals surface area contributed by atoms with Crippen LogP contribution in [0.3, 0.4) is 0 Å². The summed E-state index contributed by atoms with van der Waals surface area (Å²) < 4.78 is 4.99. The van der Waals surface area contributed by atoms with E-state index in [0.717, 1.165) is 48.8 Å². The van der Waals surface area contributed by atoms with Crippen LogP contribution in [0.25, 0.3) is 0 Å². The predicted molar refractivity (Wildman–Crippen MR) is 68.4 cm³/mol. The molecule has 1 aliphatic carbocycles. The second-order valence-electron chi connectivity index (χ2n) is 4.72. The molecular formula is C12H13N3O3S. The van der Waals surface area contributed by atoms with Crippen LogP contribution >= 0.6 is 11.8 Å². The van der Waals surface area contributed by atoms with Gasteiger partial charge in [-0.3, -0.25) is 14.9 Å². The van der Waals surface area contributed by atoms with Crippen molar-refractivity contribution in [2.75, 3.05) is 0 Å². The first-order valence-electron chi connectivity index (χ1n) is 6.19. The summed E-state index contributed by atoms with van der Waals surface area (Å²) in [6.45, 7) is 1.78. The molecule has 2 amide bonds. The summed E-state index contributed by atoms with van der Waals surface area (Å²) >= 11 is 1.01. The molecule has 0 spiro atoms. The lowest BCUT2D eigenvalue weighted by Gasteiger charge is -2.21. The molecule has 1 saturated carbocycles. The van der Waals surface area contributed by atoms with Crippen molar-refractivity contribution >= 4 is 22.9 Å². The van der Waals surface area contributed by atoms with E-state index in [0.29, 0.717) is 10.8 Å². The molecule has 0 atom stereocenters. The molecule has 1 aromatic heterocycles. The molecule has 1 aromatic rings. The number of allylic oxidation sites excluding steroid dienone is 1. The largest absolute Gasteiger partial charge is 0.340 e. The Balaban J connectivity index is 1.71. The fourth-order valence-electron chi connectivity index (χ4n) is 2.48. The lowest BCUT2D eigenvalue weighted by molar-refractivity contribution is -0.115. The van der Waals surface area contributed by atoms with Crippen molar-refractivity contribution in [3.8, 4) is 0 Å². The van der Waals surface area contributed by atoms with Gasteiger partial charge in [0.05, 0.1) is 4.91 Å². The van der Waals surface area contributed by atoms with Crippen LogP contribution in [0.15, 0.2) is 15.0 Å². The molecule has 19 heavy (non-hydrogen) atoms. The summed E-state index contributed by atoms with van der Waals surface area (Å²) in [5.74, 6) is 1.36. The molecule has 0 unspecified atom stereocenters. The Morgan fingerprint density at radius 2 is 2.05 bits per heavy atom. The van der Waals surface area contributed by atoms with Gasteiger partial charge < -0.3 is 4.52 Å². The Morgan fingerprint density at radius 3 is 2.58 bits per heavy atom. The molecule has 1 aliphatic heterocycles. The second-order valence-corrected chi connectivity index (χ2v) is 5.71. The highest BCUT2D eigenvalue weighted by Gasteiger charge is 2.31. The third kappa shape index (κ3) is 2.42. The SMILES string of the molecule is Cc1nc(C2CCC(=C3SC(=O)NC3=O)CC2)no1. The van der Waals surface area contributed by atoms with E-state index in [1.807, 2.05) is 0 Å². The average Bonchev–Trinajstić information content (AvgIpc) is 2.96. The van der Waals surface area contributed by atoms with E-state index in [2.05, 4.69) is 15.5 Å². The summed E-state index contributed by atoms with van der Waals surface area (Å²) in [5.41, 5.74) is 1.07. The normalized spacial score (nSPS) is 23.9. The number of nitrogens with one attached hydrogen (secondary N) is 1. The van der Waals surface area contributed by atoms with Crippen LogP contribution < -0.4 is 5.32 Å². The van der Waals surface area contributed by atoms with Crippen molar-refractivity contribution in [1.82, 2.24) is 15.5 Å². The number of imide groups is 1. The van der Waals surface area contributed by atoms with E-state index in [1.165, 1.54) is 0 Å². The Labute approximate surface area is 114 Å². The number of thioether (sulfide) groups is 1. The third-order valence-corrected chi connectivity index (χ3v) is 4.40. The van der Waals surface area contributed by atoms with Gasteiger partial charge in [-0.25, -0.2) is 0 Å². The molecule has 6 nitrogen and oxygen atoms in total. The number of aryl methyl sites for hydroxylation is 1. The molecule has 3 rings (SSSR count). The molecular weight excluding hydrogens is 266 g/mol. The maximum atomic E-state index is 11.6. The quantitative estimate of drug-likeness (QED) is 0.794. The van der Waals surface area contributed by atoms with Gasteiger partial charge in [0.2, 0.25) is 5.89 Å². The van der Waals surface area contributed by atoms with Gasteiger partial charge in [0, 0.05) is 12.8 Å². The summed E-state index contributed by atoms with van der Waals surface area (Å²) in [6.07, 6.45) is 3.39. The van der Waals surface area contributed by atoms with E-state index in [1.54, 1.807) is 6.92 Å². The summed E-state index contributed by atoms with van der Waals surface area (Å²) in [7, 11) is 0. The second kappa shape index (κ2) is 4.80. The van der Waals surface area contributed by atoms with Gasteiger partial charge in [0.25, 0.3) is 11.1 Å². The zero-order valence-electron chi connectivity index (χ0n) is 10.4. The van der Waals surface area contributed by atoms with Crippen LogP contribution in [0.1, 0.15) is 43.3 Å². The summed E-state index contributed by atoms with van der Waals surface area (Å²) in [4.78, 5) is 27.6. The van der Waals surface area contributed by atoms with Crippen LogP contribution in [0.4, 0.5) is 4.79 Å². The van der Waals surface area contributed by atoms with Gasteiger partial charge in [-0.1, -0.05) is 10.7 Å². The number of aromatic nitrogens is 2. The molecule has 0 bridgehead atoms. The Kier molecular flexibility index (Phi) is 3.14. The van der Waals surface area contributed by atoms with E-state index >= 15 is 0 Å². The van der Waals surface area contributed by atoms with Crippen LogP contribution in [-0.2, 0) is 4.79 Å². The van der Waals surface area contributed by atoms with Crippen LogP contribution in [0.5, 0.6) is 0 Å². The van der Waals surface area contributed by atoms with E-state index in [4.69, 9.17) is 4.52 Å². The lowest BCUT2D eigenvalue weighted by atomic mass is 9.85. The molecule has 1 saturated heterocycles. The van der Waals surface area contributed by atoms with Crippen LogP contribution in [0, 0.1) is 6.92 Å². The smallest absolute Gasteiger partial charge is 0.290 e. The fourth-order valence-corrected chi connectivity index (χ4v) is 3.30. The fraction of sp³-hybridized carbons (Fsp3) is 0.500. The highest BCUT2D eigenvalue weighted by molar-refractivity contribution is 8.18. The maximum absolute atomic E-state index is 11.6. The van der Waals surface area contributed by atoms with Gasteiger partial charge in [0.15, 0.2) is 5.82 Å². The Morgan fingerprint density at radius 1 is 1.32 bits per heavy atom. The highest BCUT2D eigenvalue weighted by atomic mass is 32.2. The first kappa shape index (κ1) is 12.4. The van der Waals surface area contributed by atoms with Gasteiger partial charge in [-0.15, -0.1) is 0 Å². The van der Waals surface area contributed by atoms with Crippen molar-refractivity contribution in [2.45, 2.75) is 38.5 Å². The number of carbonyl (C=O) groups is 2. The standard InChI is InChI=1S/C12H13N3O3S/c1-6-13-10(15-18-6)8-4-2-7(3-5-8)9-11(16)14-12(17)19-9/h8H,2-5H2,1H3,(H,14,16,17). The number of rotatable bonds is 1. The summed E-state index contributed by atoms with van der Waals surface area (Å²) in [6, 6.07) is 0. The molecule has 2 fully saturated rings. The van der Waals surface area contributed by atoms with Crippen LogP contribution in [-0.4, -0.2) is 21.3 Å². The molecule has 2 aliphatic rings. The van der Waals surface area contributed by atoms with Gasteiger partial charge in [-0.05, 0) is 37.4 Å². The van der Waals surface area contributed by atoms with Gasteiger partial charge in [-0.2, -0.15) is 4.98 Å². The maximum Gasteiger partial charge on any atom is 0.290 e. The minimum atomic E-state index is -0.275. The number of nitrogens with zero attached hydrogens (tertiary/aromatic N) is 2. The van der Waals surface area contributed by atoms with E-state index in [-0.39, 0.29) is 17.1 Å². The molecule has 0 aromatic carbocycles. The van der Waals surface area contributed by atoms with Crippen molar-refractivity contribution in [2.24, 2.45) is 0 Å². The topological polar surface area (TPSA) is 85.1 Å². The molecule has 100 valence electrons. The first-order valence-corrected chi connectivity index (χ1v) is 7.00. The van der Waals surface area contributed by atoms with Crippen molar-refractivity contribution < 1.29 is 14.1 Å².